The number of hydrogen-bond donors (Lipinski definition) is 1. The van der Waals surface area contributed by atoms with Crippen LogP contribution in [0.2, 0.25) is 0 Å². The maximum atomic E-state index is 11.9. The van der Waals surface area contributed by atoms with E-state index in [-0.39, 0.29) is 18.2 Å². The molecule has 0 aliphatic heterocycles. The Morgan fingerprint density at radius 2 is 2.00 bits per heavy atom. The Balaban J connectivity index is 2.02. The van der Waals surface area contributed by atoms with Gasteiger partial charge in [0.25, 0.3) is 5.91 Å². The van der Waals surface area contributed by atoms with Gasteiger partial charge >= 0.3 is 0 Å². The molecule has 0 bridgehead atoms. The molecule has 112 valence electrons. The van der Waals surface area contributed by atoms with Crippen molar-refractivity contribution in [3.8, 4) is 5.69 Å². The molecular formula is C13H14BrN3O3S. The van der Waals surface area contributed by atoms with Gasteiger partial charge in [0.2, 0.25) is 0 Å². The zero-order valence-corrected chi connectivity index (χ0v) is 13.7. The molecule has 1 aromatic carbocycles. The van der Waals surface area contributed by atoms with E-state index in [1.54, 1.807) is 10.9 Å². The van der Waals surface area contributed by atoms with E-state index in [0.29, 0.717) is 5.56 Å². The third-order valence-corrected chi connectivity index (χ3v) is 4.17. The minimum atomic E-state index is -3.08. The number of benzene rings is 1. The number of sulfone groups is 1. The number of amides is 1. The van der Waals surface area contributed by atoms with Crippen LogP contribution < -0.4 is 5.32 Å². The molecule has 21 heavy (non-hydrogen) atoms. The Hall–Kier alpha value is -1.67. The molecule has 0 radical (unpaired) electrons. The van der Waals surface area contributed by atoms with E-state index in [0.717, 1.165) is 16.4 Å². The summed E-state index contributed by atoms with van der Waals surface area (Å²) in [5.74, 6) is -0.429. The van der Waals surface area contributed by atoms with Crippen LogP contribution in [0.1, 0.15) is 10.4 Å². The highest BCUT2D eigenvalue weighted by atomic mass is 79.9. The van der Waals surface area contributed by atoms with Gasteiger partial charge in [-0.05, 0) is 24.3 Å². The lowest BCUT2D eigenvalue weighted by Gasteiger charge is -2.02. The normalized spacial score (nSPS) is 11.3. The molecule has 0 unspecified atom stereocenters. The van der Waals surface area contributed by atoms with E-state index in [9.17, 15) is 13.2 Å². The first-order chi connectivity index (χ1) is 9.85. The topological polar surface area (TPSA) is 81.1 Å². The molecule has 0 atom stereocenters. The van der Waals surface area contributed by atoms with Crippen LogP contribution in [-0.2, 0) is 9.84 Å². The summed E-state index contributed by atoms with van der Waals surface area (Å²) in [4.78, 5) is 11.9. The molecule has 0 aliphatic rings. The first-order valence-corrected chi connectivity index (χ1v) is 8.97. The van der Waals surface area contributed by atoms with Gasteiger partial charge in [-0.3, -0.25) is 4.79 Å². The summed E-state index contributed by atoms with van der Waals surface area (Å²) in [6.45, 7) is 0.0845. The maximum Gasteiger partial charge on any atom is 0.254 e. The van der Waals surface area contributed by atoms with Crippen molar-refractivity contribution in [2.45, 2.75) is 0 Å². The molecule has 0 aliphatic carbocycles. The van der Waals surface area contributed by atoms with Crippen molar-refractivity contribution in [2.24, 2.45) is 0 Å². The van der Waals surface area contributed by atoms with Gasteiger partial charge in [-0.15, -0.1) is 0 Å². The molecule has 0 saturated heterocycles. The molecule has 1 N–H and O–H groups in total. The van der Waals surface area contributed by atoms with E-state index in [1.165, 1.54) is 6.20 Å². The molecule has 6 nitrogen and oxygen atoms in total. The first-order valence-electron chi connectivity index (χ1n) is 6.12. The van der Waals surface area contributed by atoms with E-state index < -0.39 is 9.84 Å². The Kier molecular flexibility index (Phi) is 4.79. The van der Waals surface area contributed by atoms with Crippen molar-refractivity contribution in [2.75, 3.05) is 18.6 Å². The predicted molar refractivity (Wildman–Crippen MR) is 83.3 cm³/mol. The predicted octanol–water partition coefficient (Wildman–Crippen LogP) is 1.41. The zero-order valence-electron chi connectivity index (χ0n) is 11.3. The summed E-state index contributed by atoms with van der Waals surface area (Å²) in [5, 5.41) is 6.67. The number of carbonyl (C=O) groups is 1. The molecule has 1 heterocycles. The summed E-state index contributed by atoms with van der Waals surface area (Å²) in [6, 6.07) is 7.48. The van der Waals surface area contributed by atoms with Gasteiger partial charge < -0.3 is 5.32 Å². The average Bonchev–Trinajstić information content (AvgIpc) is 2.87. The third kappa shape index (κ3) is 4.68. The Bertz CT molecular complexity index is 738. The maximum absolute atomic E-state index is 11.9. The molecule has 0 saturated carbocycles. The second-order valence-electron chi connectivity index (χ2n) is 4.54. The fraction of sp³-hybridized carbons (Fsp3) is 0.231. The van der Waals surface area contributed by atoms with E-state index in [4.69, 9.17) is 0 Å². The third-order valence-electron chi connectivity index (χ3n) is 2.69. The highest BCUT2D eigenvalue weighted by Crippen LogP contribution is 2.14. The summed E-state index contributed by atoms with van der Waals surface area (Å²) in [6.07, 6.45) is 4.17. The number of rotatable bonds is 5. The summed E-state index contributed by atoms with van der Waals surface area (Å²) >= 11 is 3.35. The molecule has 2 rings (SSSR count). The fourth-order valence-electron chi connectivity index (χ4n) is 1.63. The van der Waals surface area contributed by atoms with Crippen LogP contribution in [0.15, 0.2) is 41.1 Å². The lowest BCUT2D eigenvalue weighted by atomic mass is 10.3. The van der Waals surface area contributed by atoms with Crippen molar-refractivity contribution in [1.29, 1.82) is 0 Å². The molecule has 0 fully saturated rings. The van der Waals surface area contributed by atoms with Crippen molar-refractivity contribution in [3.63, 3.8) is 0 Å². The van der Waals surface area contributed by atoms with Gasteiger partial charge in [-0.25, -0.2) is 13.1 Å². The smallest absolute Gasteiger partial charge is 0.254 e. The minimum Gasteiger partial charge on any atom is -0.351 e. The van der Waals surface area contributed by atoms with Crippen molar-refractivity contribution in [3.05, 3.63) is 46.7 Å². The van der Waals surface area contributed by atoms with Crippen LogP contribution in [0.4, 0.5) is 0 Å². The summed E-state index contributed by atoms with van der Waals surface area (Å²) in [5.41, 5.74) is 1.21. The number of carbonyl (C=O) groups excluding carboxylic acids is 1. The number of halogens is 1. The van der Waals surface area contributed by atoms with Gasteiger partial charge in [-0.2, -0.15) is 5.10 Å². The number of aromatic nitrogens is 2. The van der Waals surface area contributed by atoms with Gasteiger partial charge in [0.1, 0.15) is 9.84 Å². The molecular weight excluding hydrogens is 358 g/mol. The highest BCUT2D eigenvalue weighted by Gasteiger charge is 2.10. The zero-order chi connectivity index (χ0) is 15.5. The van der Waals surface area contributed by atoms with Crippen LogP contribution in [0.3, 0.4) is 0 Å². The van der Waals surface area contributed by atoms with Crippen LogP contribution in [0, 0.1) is 0 Å². The monoisotopic (exact) mass is 371 g/mol. The lowest BCUT2D eigenvalue weighted by molar-refractivity contribution is 0.0956. The molecule has 1 aromatic heterocycles. The molecule has 2 aromatic rings. The van der Waals surface area contributed by atoms with E-state index in [1.807, 2.05) is 24.3 Å². The second-order valence-corrected chi connectivity index (χ2v) is 7.71. The standard InChI is InChI=1S/C13H14BrN3O3S/c1-21(19,20)7-6-15-13(18)10-8-16-17(9-10)12-4-2-11(14)3-5-12/h2-5,8-9H,6-7H2,1H3,(H,15,18). The molecule has 8 heteroatoms. The number of hydrogen-bond acceptors (Lipinski definition) is 4. The van der Waals surface area contributed by atoms with Gasteiger partial charge in [0.15, 0.2) is 0 Å². The minimum absolute atomic E-state index is 0.0837. The molecule has 1 amide bonds. The van der Waals surface area contributed by atoms with Crippen LogP contribution in [-0.4, -0.2) is 42.7 Å². The van der Waals surface area contributed by atoms with Gasteiger partial charge in [0.05, 0.1) is 23.2 Å². The van der Waals surface area contributed by atoms with Crippen LogP contribution in [0.5, 0.6) is 0 Å². The highest BCUT2D eigenvalue weighted by molar-refractivity contribution is 9.10. The Morgan fingerprint density at radius 3 is 2.62 bits per heavy atom. The lowest BCUT2D eigenvalue weighted by Crippen LogP contribution is -2.28. The number of nitrogens with zero attached hydrogens (tertiary/aromatic N) is 2. The van der Waals surface area contributed by atoms with Crippen LogP contribution >= 0.6 is 15.9 Å². The molecule has 0 spiro atoms. The Labute approximate surface area is 131 Å². The van der Waals surface area contributed by atoms with Gasteiger partial charge in [-0.1, -0.05) is 15.9 Å². The number of nitrogens with one attached hydrogen (secondary N) is 1. The summed E-state index contributed by atoms with van der Waals surface area (Å²) in [7, 11) is -3.08. The first kappa shape index (κ1) is 15.7. The largest absolute Gasteiger partial charge is 0.351 e. The SMILES string of the molecule is CS(=O)(=O)CCNC(=O)c1cnn(-c2ccc(Br)cc2)c1. The van der Waals surface area contributed by atoms with Gasteiger partial charge in [0, 0.05) is 23.5 Å². The fourth-order valence-corrected chi connectivity index (χ4v) is 2.36. The van der Waals surface area contributed by atoms with Crippen molar-refractivity contribution >= 4 is 31.7 Å². The van der Waals surface area contributed by atoms with E-state index >= 15 is 0 Å². The summed E-state index contributed by atoms with van der Waals surface area (Å²) < 4.78 is 24.5. The van der Waals surface area contributed by atoms with Crippen molar-refractivity contribution in [1.82, 2.24) is 15.1 Å². The quantitative estimate of drug-likeness (QED) is 0.861. The van der Waals surface area contributed by atoms with E-state index in [2.05, 4.69) is 26.3 Å². The van der Waals surface area contributed by atoms with Crippen LogP contribution in [0.25, 0.3) is 5.69 Å². The van der Waals surface area contributed by atoms with Crippen molar-refractivity contribution < 1.29 is 13.2 Å². The Morgan fingerprint density at radius 1 is 1.33 bits per heavy atom. The second kappa shape index (κ2) is 6.40. The average molecular weight is 372 g/mol.